The number of carbonyl (C=O) groups is 3. The molecule has 1 N–H and O–H groups in total. The van der Waals surface area contributed by atoms with E-state index in [4.69, 9.17) is 14.2 Å². The summed E-state index contributed by atoms with van der Waals surface area (Å²) >= 11 is 0. The summed E-state index contributed by atoms with van der Waals surface area (Å²) in [6, 6.07) is 11.2. The lowest BCUT2D eigenvalue weighted by Gasteiger charge is -2.26. The number of amides is 3. The van der Waals surface area contributed by atoms with Crippen LogP contribution in [0, 0.1) is 0 Å². The fourth-order valence-electron chi connectivity index (χ4n) is 3.74. The van der Waals surface area contributed by atoms with E-state index in [0.29, 0.717) is 48.0 Å². The molecule has 0 radical (unpaired) electrons. The normalized spacial score (nSPS) is 20.1. The number of methoxy groups -OCH3 is 1. The number of imide groups is 1. The molecule has 0 bridgehead atoms. The topological polar surface area (TPSA) is 94.2 Å². The van der Waals surface area contributed by atoms with Crippen molar-refractivity contribution >= 4 is 17.7 Å². The van der Waals surface area contributed by atoms with Gasteiger partial charge >= 0.3 is 6.03 Å². The molecular formula is C22H22N2O6. The van der Waals surface area contributed by atoms with E-state index in [1.54, 1.807) is 49.6 Å². The maximum absolute atomic E-state index is 13.2. The second-order valence-corrected chi connectivity index (χ2v) is 7.09. The Morgan fingerprint density at radius 2 is 1.80 bits per heavy atom. The Balaban J connectivity index is 1.56. The average molecular weight is 410 g/mol. The number of urea groups is 1. The molecule has 4 rings (SSSR count). The second-order valence-electron chi connectivity index (χ2n) is 7.09. The van der Waals surface area contributed by atoms with Gasteiger partial charge in [0.2, 0.25) is 0 Å². The van der Waals surface area contributed by atoms with Crippen LogP contribution in [0.25, 0.3) is 0 Å². The Bertz CT molecular complexity index is 1000. The van der Waals surface area contributed by atoms with E-state index >= 15 is 0 Å². The van der Waals surface area contributed by atoms with Gasteiger partial charge in [-0.2, -0.15) is 0 Å². The van der Waals surface area contributed by atoms with E-state index in [0.717, 1.165) is 4.90 Å². The summed E-state index contributed by atoms with van der Waals surface area (Å²) in [6.07, 6.45) is 0.346. The average Bonchev–Trinajstić information content (AvgIpc) is 3.03. The quantitative estimate of drug-likeness (QED) is 0.581. The second kappa shape index (κ2) is 7.70. The number of fused-ring (bicyclic) bond motifs is 1. The predicted octanol–water partition coefficient (Wildman–Crippen LogP) is 2.51. The summed E-state index contributed by atoms with van der Waals surface area (Å²) < 4.78 is 16.1. The van der Waals surface area contributed by atoms with Gasteiger partial charge in [-0.25, -0.2) is 4.79 Å². The van der Waals surface area contributed by atoms with Crippen molar-refractivity contribution < 1.29 is 28.6 Å². The van der Waals surface area contributed by atoms with E-state index in [2.05, 4.69) is 5.32 Å². The third kappa shape index (κ3) is 3.24. The smallest absolute Gasteiger partial charge is 0.325 e. The largest absolute Gasteiger partial charge is 0.497 e. The molecule has 2 aromatic rings. The van der Waals surface area contributed by atoms with Crippen LogP contribution in [-0.4, -0.2) is 49.5 Å². The van der Waals surface area contributed by atoms with Gasteiger partial charge in [0.1, 0.15) is 24.5 Å². The van der Waals surface area contributed by atoms with Crippen LogP contribution in [0.15, 0.2) is 42.5 Å². The molecule has 1 atom stereocenters. The van der Waals surface area contributed by atoms with Crippen LogP contribution in [0.4, 0.5) is 4.79 Å². The molecule has 1 saturated heterocycles. The van der Waals surface area contributed by atoms with Gasteiger partial charge in [0, 0.05) is 5.56 Å². The monoisotopic (exact) mass is 410 g/mol. The van der Waals surface area contributed by atoms with Crippen molar-refractivity contribution in [2.45, 2.75) is 18.9 Å². The van der Waals surface area contributed by atoms with Crippen LogP contribution in [-0.2, 0) is 10.3 Å². The molecule has 3 amide bonds. The van der Waals surface area contributed by atoms with Crippen molar-refractivity contribution in [3.63, 3.8) is 0 Å². The first kappa shape index (κ1) is 19.8. The third-order valence-electron chi connectivity index (χ3n) is 5.45. The molecule has 8 heteroatoms. The van der Waals surface area contributed by atoms with Gasteiger partial charge in [-0.3, -0.25) is 14.5 Å². The number of hydrogen-bond donors (Lipinski definition) is 1. The number of nitrogens with zero attached hydrogens (tertiary/aromatic N) is 1. The number of carbonyl (C=O) groups excluding carboxylic acids is 3. The fourth-order valence-corrected chi connectivity index (χ4v) is 3.74. The Morgan fingerprint density at radius 1 is 1.10 bits per heavy atom. The minimum absolute atomic E-state index is 0.346. The summed E-state index contributed by atoms with van der Waals surface area (Å²) in [6.45, 7) is 2.31. The van der Waals surface area contributed by atoms with Gasteiger partial charge in [0.25, 0.3) is 5.91 Å². The van der Waals surface area contributed by atoms with Gasteiger partial charge in [-0.15, -0.1) is 0 Å². The maximum Gasteiger partial charge on any atom is 0.325 e. The highest BCUT2D eigenvalue weighted by atomic mass is 16.6. The predicted molar refractivity (Wildman–Crippen MR) is 107 cm³/mol. The van der Waals surface area contributed by atoms with E-state index in [-0.39, 0.29) is 12.3 Å². The number of ether oxygens (including phenoxy) is 3. The molecule has 2 heterocycles. The van der Waals surface area contributed by atoms with Crippen LogP contribution >= 0.6 is 0 Å². The highest BCUT2D eigenvalue weighted by Gasteiger charge is 2.51. The number of Topliss-reactive ketones (excluding diaryl/α,β-unsaturated/α-hetero) is 1. The molecule has 0 saturated carbocycles. The van der Waals surface area contributed by atoms with Gasteiger partial charge in [0.15, 0.2) is 17.3 Å². The van der Waals surface area contributed by atoms with Crippen molar-refractivity contribution in [3.8, 4) is 17.2 Å². The number of ketones is 1. The fraction of sp³-hybridized carbons (Fsp3) is 0.318. The molecule has 1 fully saturated rings. The lowest BCUT2D eigenvalue weighted by molar-refractivity contribution is -0.131. The molecule has 0 spiro atoms. The molecule has 0 aliphatic carbocycles. The molecule has 2 aliphatic rings. The van der Waals surface area contributed by atoms with Crippen LogP contribution in [0.1, 0.15) is 29.3 Å². The van der Waals surface area contributed by atoms with Gasteiger partial charge in [-0.05, 0) is 42.3 Å². The van der Waals surface area contributed by atoms with Crippen molar-refractivity contribution in [3.05, 3.63) is 53.6 Å². The number of nitrogens with one attached hydrogen (secondary N) is 1. The zero-order chi connectivity index (χ0) is 21.3. The standard InChI is InChI=1S/C22H22N2O6/c1-3-22(15-5-7-16(28-2)8-6-15)20(26)24(21(27)23-22)13-17(25)14-4-9-18-19(12-14)30-11-10-29-18/h4-9,12H,3,10-11,13H2,1-2H3,(H,23,27)/t22-/m0/s1. The molecule has 30 heavy (non-hydrogen) atoms. The molecule has 2 aromatic carbocycles. The lowest BCUT2D eigenvalue weighted by atomic mass is 9.87. The van der Waals surface area contributed by atoms with Crippen molar-refractivity contribution in [1.29, 1.82) is 0 Å². The van der Waals surface area contributed by atoms with E-state index < -0.39 is 17.5 Å². The number of hydrogen-bond acceptors (Lipinski definition) is 6. The summed E-state index contributed by atoms with van der Waals surface area (Å²) in [5.41, 5.74) is -0.229. The Hall–Kier alpha value is -3.55. The third-order valence-corrected chi connectivity index (χ3v) is 5.45. The summed E-state index contributed by atoms with van der Waals surface area (Å²) in [5, 5.41) is 2.78. The molecule has 0 aromatic heterocycles. The maximum atomic E-state index is 13.2. The minimum atomic E-state index is -1.21. The zero-order valence-corrected chi connectivity index (χ0v) is 16.8. The van der Waals surface area contributed by atoms with Crippen LogP contribution in [0.3, 0.4) is 0 Å². The Kier molecular flexibility index (Phi) is 5.07. The van der Waals surface area contributed by atoms with E-state index in [1.807, 2.05) is 6.92 Å². The molecule has 8 nitrogen and oxygen atoms in total. The lowest BCUT2D eigenvalue weighted by Crippen LogP contribution is -2.43. The van der Waals surface area contributed by atoms with E-state index in [1.165, 1.54) is 0 Å². The first-order valence-electron chi connectivity index (χ1n) is 9.70. The highest BCUT2D eigenvalue weighted by Crippen LogP contribution is 2.34. The van der Waals surface area contributed by atoms with Crippen molar-refractivity contribution in [1.82, 2.24) is 10.2 Å². The SMILES string of the molecule is CC[C@@]1(c2ccc(OC)cc2)NC(=O)N(CC(=O)c2ccc3c(c2)OCCO3)C1=O. The van der Waals surface area contributed by atoms with Crippen LogP contribution < -0.4 is 19.5 Å². The highest BCUT2D eigenvalue weighted by molar-refractivity contribution is 6.11. The summed E-state index contributed by atoms with van der Waals surface area (Å²) in [7, 11) is 1.55. The van der Waals surface area contributed by atoms with Crippen molar-refractivity contribution in [2.75, 3.05) is 26.9 Å². The van der Waals surface area contributed by atoms with Gasteiger partial charge < -0.3 is 19.5 Å². The number of benzene rings is 2. The summed E-state index contributed by atoms with van der Waals surface area (Å²) in [5.74, 6) is 0.873. The molecule has 0 unspecified atom stereocenters. The summed E-state index contributed by atoms with van der Waals surface area (Å²) in [4.78, 5) is 39.6. The van der Waals surface area contributed by atoms with Crippen LogP contribution in [0.5, 0.6) is 17.2 Å². The molecule has 156 valence electrons. The van der Waals surface area contributed by atoms with E-state index in [9.17, 15) is 14.4 Å². The minimum Gasteiger partial charge on any atom is -0.497 e. The van der Waals surface area contributed by atoms with Crippen molar-refractivity contribution in [2.24, 2.45) is 0 Å². The number of rotatable bonds is 6. The Morgan fingerprint density at radius 3 is 2.47 bits per heavy atom. The zero-order valence-electron chi connectivity index (χ0n) is 16.8. The van der Waals surface area contributed by atoms with Gasteiger partial charge in [-0.1, -0.05) is 19.1 Å². The van der Waals surface area contributed by atoms with Crippen LogP contribution in [0.2, 0.25) is 0 Å². The Labute approximate surface area is 173 Å². The molecular weight excluding hydrogens is 388 g/mol. The first-order valence-corrected chi connectivity index (χ1v) is 9.70. The molecule has 2 aliphatic heterocycles. The first-order chi connectivity index (χ1) is 14.5. The van der Waals surface area contributed by atoms with Gasteiger partial charge in [0.05, 0.1) is 13.7 Å².